The van der Waals surface area contributed by atoms with Gasteiger partial charge in [-0.3, -0.25) is 9.48 Å². The number of nitrogens with one attached hydrogen (secondary N) is 1. The molecule has 1 unspecified atom stereocenters. The Morgan fingerprint density at radius 1 is 1.40 bits per heavy atom. The molecule has 1 atom stereocenters. The molecule has 1 aromatic heterocycles. The van der Waals surface area contributed by atoms with Gasteiger partial charge in [0.2, 0.25) is 0 Å². The van der Waals surface area contributed by atoms with Gasteiger partial charge in [0.15, 0.2) is 0 Å². The van der Waals surface area contributed by atoms with Crippen LogP contribution < -0.4 is 5.56 Å². The van der Waals surface area contributed by atoms with Crippen molar-refractivity contribution in [3.8, 4) is 17.2 Å². The van der Waals surface area contributed by atoms with Crippen LogP contribution in [-0.2, 0) is 11.3 Å². The fourth-order valence-corrected chi connectivity index (χ4v) is 2.05. The molecule has 1 aromatic carbocycles. The monoisotopic (exact) mass is 271 g/mol. The zero-order chi connectivity index (χ0) is 14.5. The van der Waals surface area contributed by atoms with E-state index in [0.717, 1.165) is 12.0 Å². The summed E-state index contributed by atoms with van der Waals surface area (Å²) < 4.78 is 6.83. The molecule has 0 radical (unpaired) electrons. The molecule has 2 rings (SSSR count). The average Bonchev–Trinajstić information content (AvgIpc) is 2.86. The van der Waals surface area contributed by atoms with Crippen molar-refractivity contribution < 1.29 is 4.74 Å². The Bertz CT molecular complexity index is 658. The van der Waals surface area contributed by atoms with Gasteiger partial charge in [-0.15, -0.1) is 0 Å². The number of H-pyrrole nitrogens is 1. The predicted molar refractivity (Wildman–Crippen MR) is 76.3 cm³/mol. The van der Waals surface area contributed by atoms with Gasteiger partial charge >= 0.3 is 0 Å². The summed E-state index contributed by atoms with van der Waals surface area (Å²) in [5, 5.41) is 11.7. The van der Waals surface area contributed by atoms with Gasteiger partial charge < -0.3 is 9.84 Å². The second-order valence-corrected chi connectivity index (χ2v) is 4.56. The average molecular weight is 271 g/mol. The number of methoxy groups -OCH3 is 1. The molecule has 0 saturated carbocycles. The summed E-state index contributed by atoms with van der Waals surface area (Å²) in [5.74, 6) is 0. The molecule has 0 saturated heterocycles. The molecule has 104 valence electrons. The molecule has 5 heteroatoms. The van der Waals surface area contributed by atoms with Crippen molar-refractivity contribution in [2.75, 3.05) is 7.11 Å². The highest BCUT2D eigenvalue weighted by molar-refractivity contribution is 5.62. The largest absolute Gasteiger partial charge is 0.380 e. The molecular weight excluding hydrogens is 254 g/mol. The van der Waals surface area contributed by atoms with Crippen LogP contribution in [0.2, 0.25) is 0 Å². The smallest absolute Gasteiger partial charge is 0.274 e. The van der Waals surface area contributed by atoms with E-state index in [1.165, 1.54) is 0 Å². The van der Waals surface area contributed by atoms with Crippen LogP contribution in [0, 0.1) is 11.3 Å². The van der Waals surface area contributed by atoms with Gasteiger partial charge in [-0.1, -0.05) is 19.1 Å². The van der Waals surface area contributed by atoms with E-state index in [2.05, 4.69) is 11.2 Å². The van der Waals surface area contributed by atoms with Gasteiger partial charge in [0.05, 0.1) is 29.8 Å². The van der Waals surface area contributed by atoms with Gasteiger partial charge in [-0.2, -0.15) is 5.26 Å². The van der Waals surface area contributed by atoms with E-state index in [1.807, 2.05) is 6.92 Å². The molecule has 0 fully saturated rings. The fraction of sp³-hybridized carbons (Fsp3) is 0.333. The summed E-state index contributed by atoms with van der Waals surface area (Å²) in [6.45, 7) is 2.52. The zero-order valence-corrected chi connectivity index (χ0v) is 11.6. The molecule has 5 nitrogen and oxygen atoms in total. The quantitative estimate of drug-likeness (QED) is 0.905. The first-order chi connectivity index (χ1) is 9.69. The summed E-state index contributed by atoms with van der Waals surface area (Å²) in [4.78, 5) is 12.3. The third kappa shape index (κ3) is 2.81. The molecule has 1 heterocycles. The van der Waals surface area contributed by atoms with Crippen LogP contribution in [0.4, 0.5) is 0 Å². The SMILES string of the molecule is CCC(Cn1[nH]cc(-c2ccc(C#N)cc2)c1=O)OC. The van der Waals surface area contributed by atoms with Crippen molar-refractivity contribution in [1.82, 2.24) is 9.78 Å². The molecule has 0 aliphatic rings. The van der Waals surface area contributed by atoms with Crippen LogP contribution in [0.25, 0.3) is 11.1 Å². The number of hydrogen-bond donors (Lipinski definition) is 1. The molecule has 0 amide bonds. The lowest BCUT2D eigenvalue weighted by Gasteiger charge is -2.12. The highest BCUT2D eigenvalue weighted by Crippen LogP contribution is 2.15. The van der Waals surface area contributed by atoms with Crippen LogP contribution in [-0.4, -0.2) is 23.0 Å². The predicted octanol–water partition coefficient (Wildman–Crippen LogP) is 2.14. The zero-order valence-electron chi connectivity index (χ0n) is 11.6. The second kappa shape index (κ2) is 6.22. The van der Waals surface area contributed by atoms with Gasteiger partial charge in [0.25, 0.3) is 5.56 Å². The van der Waals surface area contributed by atoms with Crippen molar-refractivity contribution in [1.29, 1.82) is 5.26 Å². The normalized spacial score (nSPS) is 12.1. The summed E-state index contributed by atoms with van der Waals surface area (Å²) in [6, 6.07) is 9.03. The number of nitrogens with zero attached hydrogens (tertiary/aromatic N) is 2. The highest BCUT2D eigenvalue weighted by Gasteiger charge is 2.12. The number of rotatable bonds is 5. The molecule has 0 aliphatic carbocycles. The summed E-state index contributed by atoms with van der Waals surface area (Å²) >= 11 is 0. The Labute approximate surface area is 117 Å². The van der Waals surface area contributed by atoms with Crippen LogP contribution >= 0.6 is 0 Å². The number of aromatic amines is 1. The summed E-state index contributed by atoms with van der Waals surface area (Å²) in [7, 11) is 1.64. The summed E-state index contributed by atoms with van der Waals surface area (Å²) in [5.41, 5.74) is 1.90. The Balaban J connectivity index is 2.28. The van der Waals surface area contributed by atoms with Gasteiger partial charge in [-0.25, -0.2) is 0 Å². The van der Waals surface area contributed by atoms with Crippen molar-refractivity contribution >= 4 is 0 Å². The second-order valence-electron chi connectivity index (χ2n) is 4.56. The van der Waals surface area contributed by atoms with E-state index in [9.17, 15) is 4.79 Å². The third-order valence-corrected chi connectivity index (χ3v) is 3.34. The topological polar surface area (TPSA) is 70.8 Å². The fourth-order valence-electron chi connectivity index (χ4n) is 2.05. The molecule has 0 spiro atoms. The van der Waals surface area contributed by atoms with Crippen molar-refractivity contribution in [2.45, 2.75) is 26.0 Å². The van der Waals surface area contributed by atoms with Gasteiger partial charge in [-0.05, 0) is 24.1 Å². The van der Waals surface area contributed by atoms with E-state index < -0.39 is 0 Å². The van der Waals surface area contributed by atoms with E-state index in [-0.39, 0.29) is 11.7 Å². The number of aromatic nitrogens is 2. The Morgan fingerprint density at radius 3 is 2.65 bits per heavy atom. The maximum atomic E-state index is 12.3. The Kier molecular flexibility index (Phi) is 4.38. The standard InChI is InChI=1S/C15H17N3O2/c1-3-13(20-2)10-18-15(19)14(9-17-18)12-6-4-11(8-16)5-7-12/h4-7,9,13,17H,3,10H2,1-2H3. The third-order valence-electron chi connectivity index (χ3n) is 3.34. The van der Waals surface area contributed by atoms with Crippen molar-refractivity contribution in [3.05, 3.63) is 46.4 Å². The van der Waals surface area contributed by atoms with E-state index in [1.54, 1.807) is 42.3 Å². The van der Waals surface area contributed by atoms with E-state index in [4.69, 9.17) is 10.00 Å². The van der Waals surface area contributed by atoms with Crippen LogP contribution in [0.5, 0.6) is 0 Å². The lowest BCUT2D eigenvalue weighted by molar-refractivity contribution is 0.0807. The minimum atomic E-state index is -0.0785. The minimum Gasteiger partial charge on any atom is -0.380 e. The minimum absolute atomic E-state index is 0.0140. The molecular formula is C15H17N3O2. The van der Waals surface area contributed by atoms with Gasteiger partial charge in [0, 0.05) is 13.3 Å². The van der Waals surface area contributed by atoms with Crippen LogP contribution in [0.3, 0.4) is 0 Å². The highest BCUT2D eigenvalue weighted by atomic mass is 16.5. The summed E-state index contributed by atoms with van der Waals surface area (Å²) in [6.07, 6.45) is 2.54. The van der Waals surface area contributed by atoms with Crippen LogP contribution in [0.1, 0.15) is 18.9 Å². The molecule has 2 aromatic rings. The maximum Gasteiger partial charge on any atom is 0.274 e. The lowest BCUT2D eigenvalue weighted by Crippen LogP contribution is -2.26. The maximum absolute atomic E-state index is 12.3. The molecule has 20 heavy (non-hydrogen) atoms. The van der Waals surface area contributed by atoms with E-state index >= 15 is 0 Å². The van der Waals surface area contributed by atoms with E-state index in [0.29, 0.717) is 17.7 Å². The first kappa shape index (κ1) is 14.1. The Hall–Kier alpha value is -2.32. The van der Waals surface area contributed by atoms with Gasteiger partial charge in [0.1, 0.15) is 0 Å². The molecule has 0 aliphatic heterocycles. The number of nitriles is 1. The van der Waals surface area contributed by atoms with Crippen LogP contribution in [0.15, 0.2) is 35.3 Å². The number of benzene rings is 1. The first-order valence-electron chi connectivity index (χ1n) is 6.51. The molecule has 0 bridgehead atoms. The number of hydrogen-bond acceptors (Lipinski definition) is 3. The first-order valence-corrected chi connectivity index (χ1v) is 6.51. The van der Waals surface area contributed by atoms with Crippen molar-refractivity contribution in [2.24, 2.45) is 0 Å². The van der Waals surface area contributed by atoms with Crippen molar-refractivity contribution in [3.63, 3.8) is 0 Å². The lowest BCUT2D eigenvalue weighted by atomic mass is 10.1. The number of ether oxygens (including phenoxy) is 1. The molecule has 1 N–H and O–H groups in total. The Morgan fingerprint density at radius 2 is 2.10 bits per heavy atom.